The number of benzene rings is 7. The Kier molecular flexibility index (Phi) is 6.39. The van der Waals surface area contributed by atoms with Crippen molar-refractivity contribution in [3.8, 4) is 45.6 Å². The predicted octanol–water partition coefficient (Wildman–Crippen LogP) is 10.5. The van der Waals surface area contributed by atoms with E-state index in [2.05, 4.69) is 114 Å². The first-order chi connectivity index (χ1) is 24.8. The molecule has 0 atom stereocenters. The maximum Gasteiger partial charge on any atom is 0.167 e. The van der Waals surface area contributed by atoms with Gasteiger partial charge in [-0.3, -0.25) is 4.98 Å². The third-order valence-electron chi connectivity index (χ3n) is 9.43. The fourth-order valence-electron chi connectivity index (χ4n) is 7.02. The van der Waals surface area contributed by atoms with Crippen molar-refractivity contribution in [3.63, 3.8) is 0 Å². The van der Waals surface area contributed by atoms with E-state index in [1.54, 1.807) is 18.6 Å². The van der Waals surface area contributed by atoms with Crippen LogP contribution in [-0.4, -0.2) is 29.9 Å². The first-order valence-corrected chi connectivity index (χ1v) is 16.5. The van der Waals surface area contributed by atoms with Crippen LogP contribution in [0.1, 0.15) is 0 Å². The summed E-state index contributed by atoms with van der Waals surface area (Å²) in [4.78, 5) is 29.6. The molecule has 0 unspecified atom stereocenters. The van der Waals surface area contributed by atoms with Crippen molar-refractivity contribution in [1.29, 1.82) is 0 Å². The Bertz CT molecular complexity index is 2800. The normalized spacial score (nSPS) is 11.6. The van der Waals surface area contributed by atoms with E-state index in [1.807, 2.05) is 30.3 Å². The minimum absolute atomic E-state index is 0.506. The van der Waals surface area contributed by atoms with Gasteiger partial charge in [0.25, 0.3) is 0 Å². The Balaban J connectivity index is 1.21. The van der Waals surface area contributed by atoms with Crippen LogP contribution in [0.5, 0.6) is 0 Å². The van der Waals surface area contributed by atoms with Crippen molar-refractivity contribution in [2.75, 3.05) is 0 Å². The van der Waals surface area contributed by atoms with E-state index in [9.17, 15) is 0 Å². The van der Waals surface area contributed by atoms with E-state index in [0.29, 0.717) is 28.9 Å². The van der Waals surface area contributed by atoms with E-state index in [0.717, 1.165) is 59.9 Å². The van der Waals surface area contributed by atoms with E-state index in [-0.39, 0.29) is 0 Å². The van der Waals surface area contributed by atoms with Crippen LogP contribution < -0.4 is 0 Å². The van der Waals surface area contributed by atoms with E-state index < -0.39 is 0 Å². The van der Waals surface area contributed by atoms with Crippen LogP contribution in [-0.2, 0) is 0 Å². The lowest BCUT2D eigenvalue weighted by molar-refractivity contribution is 1.06. The molecule has 6 heteroatoms. The largest absolute Gasteiger partial charge is 0.256 e. The highest BCUT2D eigenvalue weighted by atomic mass is 15.0. The average Bonchev–Trinajstić information content (AvgIpc) is 3.20. The molecule has 10 aromatic rings. The smallest absolute Gasteiger partial charge is 0.167 e. The summed E-state index contributed by atoms with van der Waals surface area (Å²) in [6, 6.07) is 48.2. The molecule has 6 nitrogen and oxygen atoms in total. The Morgan fingerprint density at radius 3 is 1.42 bits per heavy atom. The lowest BCUT2D eigenvalue weighted by atomic mass is 9.96. The zero-order valence-electron chi connectivity index (χ0n) is 26.7. The SMILES string of the molecule is c1cnc2cc(-c3ncc(-c4nc(-c5cc6ccccc6c6ccccc56)nc(-c5cc6ccccc6c6ccccc56)n4)cn3)ccc2c1. The second-order valence-corrected chi connectivity index (χ2v) is 12.4. The lowest BCUT2D eigenvalue weighted by Gasteiger charge is -2.14. The van der Waals surface area contributed by atoms with Gasteiger partial charge in [-0.25, -0.2) is 24.9 Å². The Morgan fingerprint density at radius 1 is 0.320 bits per heavy atom. The highest BCUT2D eigenvalue weighted by Crippen LogP contribution is 2.37. The monoisotopic (exact) mass is 638 g/mol. The van der Waals surface area contributed by atoms with Crippen LogP contribution in [0.2, 0.25) is 0 Å². The molecule has 0 aliphatic carbocycles. The molecule has 3 aromatic heterocycles. The quantitative estimate of drug-likeness (QED) is 0.179. The van der Waals surface area contributed by atoms with Gasteiger partial charge in [0.05, 0.1) is 11.1 Å². The molecule has 0 amide bonds. The molecule has 232 valence electrons. The van der Waals surface area contributed by atoms with Gasteiger partial charge in [0, 0.05) is 40.7 Å². The van der Waals surface area contributed by atoms with Crippen molar-refractivity contribution >= 4 is 54.0 Å². The number of aromatic nitrogens is 6. The van der Waals surface area contributed by atoms with Crippen LogP contribution in [0.15, 0.2) is 158 Å². The number of hydrogen-bond acceptors (Lipinski definition) is 6. The number of hydrogen-bond donors (Lipinski definition) is 0. The van der Waals surface area contributed by atoms with Gasteiger partial charge < -0.3 is 0 Å². The molecule has 0 fully saturated rings. The molecule has 0 bridgehead atoms. The van der Waals surface area contributed by atoms with Crippen LogP contribution in [0.4, 0.5) is 0 Å². The molecule has 0 saturated carbocycles. The van der Waals surface area contributed by atoms with Gasteiger partial charge in [-0.15, -0.1) is 0 Å². The molecule has 0 N–H and O–H groups in total. The van der Waals surface area contributed by atoms with Crippen LogP contribution >= 0.6 is 0 Å². The van der Waals surface area contributed by atoms with Crippen molar-refractivity contribution in [2.24, 2.45) is 0 Å². The van der Waals surface area contributed by atoms with Gasteiger partial charge in [0.15, 0.2) is 23.3 Å². The van der Waals surface area contributed by atoms with E-state index >= 15 is 0 Å². The van der Waals surface area contributed by atoms with Crippen LogP contribution in [0.3, 0.4) is 0 Å². The van der Waals surface area contributed by atoms with Crippen LogP contribution in [0, 0.1) is 0 Å². The molecular formula is C44H26N6. The highest BCUT2D eigenvalue weighted by Gasteiger charge is 2.18. The molecular weight excluding hydrogens is 613 g/mol. The van der Waals surface area contributed by atoms with Crippen molar-refractivity contribution < 1.29 is 0 Å². The summed E-state index contributed by atoms with van der Waals surface area (Å²) in [5, 5.41) is 10.2. The molecule has 10 rings (SSSR count). The number of fused-ring (bicyclic) bond motifs is 7. The third-order valence-corrected chi connectivity index (χ3v) is 9.43. The third kappa shape index (κ3) is 4.65. The van der Waals surface area contributed by atoms with Crippen molar-refractivity contribution in [3.05, 3.63) is 158 Å². The molecule has 0 aliphatic heterocycles. The first-order valence-electron chi connectivity index (χ1n) is 16.5. The van der Waals surface area contributed by atoms with Gasteiger partial charge >= 0.3 is 0 Å². The first kappa shape index (κ1) is 28.1. The molecule has 0 aliphatic rings. The summed E-state index contributed by atoms with van der Waals surface area (Å²) in [5.41, 5.74) is 4.37. The van der Waals surface area contributed by atoms with Crippen LogP contribution in [0.25, 0.3) is 99.5 Å². The van der Waals surface area contributed by atoms with Gasteiger partial charge in [0.2, 0.25) is 0 Å². The minimum Gasteiger partial charge on any atom is -0.256 e. The predicted molar refractivity (Wildman–Crippen MR) is 202 cm³/mol. The Hall–Kier alpha value is -6.92. The molecule has 50 heavy (non-hydrogen) atoms. The fourth-order valence-corrected chi connectivity index (χ4v) is 7.02. The number of rotatable bonds is 4. The van der Waals surface area contributed by atoms with Gasteiger partial charge in [-0.05, 0) is 67.4 Å². The molecule has 3 heterocycles. The zero-order valence-corrected chi connectivity index (χ0v) is 26.7. The number of pyridine rings is 1. The maximum atomic E-state index is 5.24. The van der Waals surface area contributed by atoms with Gasteiger partial charge in [-0.1, -0.05) is 115 Å². The highest BCUT2D eigenvalue weighted by molar-refractivity contribution is 6.14. The second-order valence-electron chi connectivity index (χ2n) is 12.4. The maximum absolute atomic E-state index is 5.24. The van der Waals surface area contributed by atoms with Gasteiger partial charge in [0.1, 0.15) is 0 Å². The zero-order chi connectivity index (χ0) is 33.0. The minimum atomic E-state index is 0.506. The van der Waals surface area contributed by atoms with Crippen molar-refractivity contribution in [1.82, 2.24) is 29.9 Å². The summed E-state index contributed by atoms with van der Waals surface area (Å²) >= 11 is 0. The van der Waals surface area contributed by atoms with E-state index in [1.165, 1.54) is 10.8 Å². The standard InChI is InChI=1S/C44H26N6/c1-3-13-32-28(10-1)22-38(36-17-7-5-15-34(32)36)43-48-42(31-25-46-41(47-26-31)30-20-19-27-12-9-21-45-40(27)24-30)49-44(50-43)39-23-29-11-2-4-14-33(29)35-16-6-8-18-37(35)39/h1-26H. The second kappa shape index (κ2) is 11.4. The Labute approximate surface area is 286 Å². The summed E-state index contributed by atoms with van der Waals surface area (Å²) in [6.07, 6.45) is 5.39. The summed E-state index contributed by atoms with van der Waals surface area (Å²) < 4.78 is 0. The number of nitrogens with zero attached hydrogens (tertiary/aromatic N) is 6. The topological polar surface area (TPSA) is 77.3 Å². The Morgan fingerprint density at radius 2 is 0.820 bits per heavy atom. The van der Waals surface area contributed by atoms with Gasteiger partial charge in [-0.2, -0.15) is 0 Å². The average molecular weight is 639 g/mol. The summed E-state index contributed by atoms with van der Waals surface area (Å²) in [7, 11) is 0. The fraction of sp³-hybridized carbons (Fsp3) is 0. The van der Waals surface area contributed by atoms with E-state index in [4.69, 9.17) is 24.9 Å². The summed E-state index contributed by atoms with van der Waals surface area (Å²) in [6.45, 7) is 0. The molecule has 0 spiro atoms. The molecule has 0 saturated heterocycles. The van der Waals surface area contributed by atoms with Crippen molar-refractivity contribution in [2.45, 2.75) is 0 Å². The molecule has 7 aromatic carbocycles. The summed E-state index contributed by atoms with van der Waals surface area (Å²) in [5.74, 6) is 2.30. The lowest BCUT2D eigenvalue weighted by Crippen LogP contribution is -2.02. The molecule has 0 radical (unpaired) electrons.